The van der Waals surface area contributed by atoms with Crippen LogP contribution in [0, 0.1) is 5.41 Å². The molecule has 2 unspecified atom stereocenters. The Kier molecular flexibility index (Phi) is 4.64. The second kappa shape index (κ2) is 5.98. The summed E-state index contributed by atoms with van der Waals surface area (Å²) in [5.41, 5.74) is 8.23. The number of hydrogen-bond acceptors (Lipinski definition) is 3. The summed E-state index contributed by atoms with van der Waals surface area (Å²) in [6.07, 6.45) is 1.50. The summed E-state index contributed by atoms with van der Waals surface area (Å²) in [6.45, 7) is 13.0. The minimum Gasteiger partial charge on any atom is -0.399 e. The maximum Gasteiger partial charge on any atom is 0.0655 e. The monoisotopic (exact) mass is 290 g/mol. The van der Waals surface area contributed by atoms with Gasteiger partial charge in [0.2, 0.25) is 0 Å². The van der Waals surface area contributed by atoms with Gasteiger partial charge >= 0.3 is 0 Å². The molecule has 118 valence electrons. The Labute approximate surface area is 129 Å². The van der Waals surface area contributed by atoms with Crippen LogP contribution < -0.4 is 11.1 Å². The molecule has 3 heteroatoms. The molecule has 1 aliphatic carbocycles. The summed E-state index contributed by atoms with van der Waals surface area (Å²) < 4.78 is 5.80. The minimum absolute atomic E-state index is 0.0977. The molecule has 0 aliphatic heterocycles. The SMILES string of the molecule is CCOC1CC(NCC(C)(C)c2ccc(N)cc2)C1(C)C. The highest BCUT2D eigenvalue weighted by atomic mass is 16.5. The van der Waals surface area contributed by atoms with Crippen molar-refractivity contribution in [1.29, 1.82) is 0 Å². The maximum absolute atomic E-state index is 5.80. The number of nitrogens with two attached hydrogens (primary N) is 1. The van der Waals surface area contributed by atoms with Crippen LogP contribution in [0.2, 0.25) is 0 Å². The van der Waals surface area contributed by atoms with Crippen molar-refractivity contribution in [2.75, 3.05) is 18.9 Å². The lowest BCUT2D eigenvalue weighted by Gasteiger charge is -2.52. The summed E-state index contributed by atoms with van der Waals surface area (Å²) in [6, 6.07) is 8.75. The summed E-state index contributed by atoms with van der Waals surface area (Å²) in [5, 5.41) is 3.74. The van der Waals surface area contributed by atoms with Gasteiger partial charge in [0.05, 0.1) is 6.10 Å². The van der Waals surface area contributed by atoms with E-state index in [4.69, 9.17) is 10.5 Å². The molecule has 1 aromatic carbocycles. The number of hydrogen-bond donors (Lipinski definition) is 2. The Balaban J connectivity index is 1.92. The van der Waals surface area contributed by atoms with Gasteiger partial charge in [-0.2, -0.15) is 0 Å². The Morgan fingerprint density at radius 1 is 1.29 bits per heavy atom. The van der Waals surface area contributed by atoms with Crippen LogP contribution in [0.5, 0.6) is 0 Å². The van der Waals surface area contributed by atoms with E-state index in [0.717, 1.165) is 25.3 Å². The average molecular weight is 290 g/mol. The third kappa shape index (κ3) is 3.41. The lowest BCUT2D eigenvalue weighted by atomic mass is 9.64. The third-order valence-electron chi connectivity index (χ3n) is 5.03. The van der Waals surface area contributed by atoms with Crippen molar-refractivity contribution >= 4 is 5.69 Å². The average Bonchev–Trinajstić information content (AvgIpc) is 2.42. The van der Waals surface area contributed by atoms with Crippen molar-refractivity contribution in [3.8, 4) is 0 Å². The normalized spacial score (nSPS) is 24.6. The van der Waals surface area contributed by atoms with E-state index in [1.54, 1.807) is 0 Å². The van der Waals surface area contributed by atoms with Crippen LogP contribution in [0.25, 0.3) is 0 Å². The van der Waals surface area contributed by atoms with E-state index in [0.29, 0.717) is 12.1 Å². The molecule has 3 nitrogen and oxygen atoms in total. The molecule has 0 bridgehead atoms. The van der Waals surface area contributed by atoms with Crippen LogP contribution in [0.3, 0.4) is 0 Å². The van der Waals surface area contributed by atoms with E-state index in [-0.39, 0.29) is 10.8 Å². The van der Waals surface area contributed by atoms with Crippen molar-refractivity contribution in [1.82, 2.24) is 5.32 Å². The van der Waals surface area contributed by atoms with Crippen LogP contribution in [0.4, 0.5) is 5.69 Å². The molecular weight excluding hydrogens is 260 g/mol. The molecule has 0 aromatic heterocycles. The number of benzene rings is 1. The molecule has 0 heterocycles. The molecule has 2 rings (SSSR count). The molecule has 1 fully saturated rings. The number of rotatable bonds is 6. The standard InChI is InChI=1S/C18H30N2O/c1-6-21-16-11-15(18(16,4)5)20-12-17(2,3)13-7-9-14(19)10-8-13/h7-10,15-16,20H,6,11-12,19H2,1-5H3. The highest BCUT2D eigenvalue weighted by Crippen LogP contribution is 2.43. The highest BCUT2D eigenvalue weighted by Gasteiger charge is 2.48. The Bertz CT molecular complexity index is 465. The van der Waals surface area contributed by atoms with Crippen LogP contribution in [-0.4, -0.2) is 25.3 Å². The first-order valence-corrected chi connectivity index (χ1v) is 7.98. The quantitative estimate of drug-likeness (QED) is 0.790. The molecule has 0 amide bonds. The molecule has 1 aliphatic rings. The van der Waals surface area contributed by atoms with E-state index in [1.807, 2.05) is 12.1 Å². The largest absolute Gasteiger partial charge is 0.399 e. The van der Waals surface area contributed by atoms with Crippen molar-refractivity contribution in [2.24, 2.45) is 5.41 Å². The highest BCUT2D eigenvalue weighted by molar-refractivity contribution is 5.41. The molecule has 0 radical (unpaired) electrons. The van der Waals surface area contributed by atoms with Crippen LogP contribution >= 0.6 is 0 Å². The van der Waals surface area contributed by atoms with E-state index >= 15 is 0 Å². The number of anilines is 1. The van der Waals surface area contributed by atoms with Gasteiger partial charge in [0.25, 0.3) is 0 Å². The summed E-state index contributed by atoms with van der Waals surface area (Å²) >= 11 is 0. The predicted molar refractivity (Wildman–Crippen MR) is 89.5 cm³/mol. The molecular formula is C18H30N2O. The minimum atomic E-state index is 0.0977. The van der Waals surface area contributed by atoms with Crippen molar-refractivity contribution < 1.29 is 4.74 Å². The Morgan fingerprint density at radius 2 is 1.90 bits per heavy atom. The zero-order valence-electron chi connectivity index (χ0n) is 14.1. The molecule has 0 spiro atoms. The van der Waals surface area contributed by atoms with Crippen LogP contribution in [0.15, 0.2) is 24.3 Å². The number of ether oxygens (including phenoxy) is 1. The fraction of sp³-hybridized carbons (Fsp3) is 0.667. The van der Waals surface area contributed by atoms with Gasteiger partial charge in [-0.15, -0.1) is 0 Å². The zero-order chi connectivity index (χ0) is 15.7. The number of nitrogen functional groups attached to an aromatic ring is 1. The van der Waals surface area contributed by atoms with Gasteiger partial charge in [0.1, 0.15) is 0 Å². The van der Waals surface area contributed by atoms with Gasteiger partial charge in [-0.25, -0.2) is 0 Å². The molecule has 2 atom stereocenters. The van der Waals surface area contributed by atoms with E-state index in [2.05, 4.69) is 52.1 Å². The smallest absolute Gasteiger partial charge is 0.0655 e. The topological polar surface area (TPSA) is 47.3 Å². The summed E-state index contributed by atoms with van der Waals surface area (Å²) in [4.78, 5) is 0. The first-order valence-electron chi connectivity index (χ1n) is 7.98. The first kappa shape index (κ1) is 16.3. The fourth-order valence-corrected chi connectivity index (χ4v) is 3.13. The molecule has 1 saturated carbocycles. The molecule has 21 heavy (non-hydrogen) atoms. The Morgan fingerprint density at radius 3 is 2.43 bits per heavy atom. The van der Waals surface area contributed by atoms with Crippen molar-refractivity contribution in [3.63, 3.8) is 0 Å². The van der Waals surface area contributed by atoms with Crippen molar-refractivity contribution in [3.05, 3.63) is 29.8 Å². The second-order valence-electron chi connectivity index (χ2n) is 7.44. The second-order valence-corrected chi connectivity index (χ2v) is 7.44. The number of nitrogens with one attached hydrogen (secondary N) is 1. The van der Waals surface area contributed by atoms with Gasteiger partial charge in [0, 0.05) is 35.7 Å². The lowest BCUT2D eigenvalue weighted by Crippen LogP contribution is -2.62. The zero-order valence-corrected chi connectivity index (χ0v) is 14.1. The molecule has 1 aromatic rings. The van der Waals surface area contributed by atoms with Gasteiger partial charge in [-0.1, -0.05) is 39.8 Å². The van der Waals surface area contributed by atoms with Crippen molar-refractivity contribution in [2.45, 2.75) is 58.6 Å². The predicted octanol–water partition coefficient (Wildman–Crippen LogP) is 3.34. The van der Waals surface area contributed by atoms with E-state index in [1.165, 1.54) is 5.56 Å². The Hall–Kier alpha value is -1.06. The lowest BCUT2D eigenvalue weighted by molar-refractivity contribution is -0.114. The maximum atomic E-state index is 5.80. The first-order chi connectivity index (χ1) is 9.77. The van der Waals surface area contributed by atoms with Gasteiger partial charge in [-0.05, 0) is 31.0 Å². The summed E-state index contributed by atoms with van der Waals surface area (Å²) in [7, 11) is 0. The summed E-state index contributed by atoms with van der Waals surface area (Å²) in [5.74, 6) is 0. The molecule has 3 N–H and O–H groups in total. The van der Waals surface area contributed by atoms with Gasteiger partial charge < -0.3 is 15.8 Å². The van der Waals surface area contributed by atoms with E-state index in [9.17, 15) is 0 Å². The van der Waals surface area contributed by atoms with Crippen LogP contribution in [0.1, 0.15) is 46.6 Å². The fourth-order valence-electron chi connectivity index (χ4n) is 3.13. The van der Waals surface area contributed by atoms with Crippen LogP contribution in [-0.2, 0) is 10.2 Å². The van der Waals surface area contributed by atoms with Gasteiger partial charge in [0.15, 0.2) is 0 Å². The van der Waals surface area contributed by atoms with E-state index < -0.39 is 0 Å². The molecule has 0 saturated heterocycles. The van der Waals surface area contributed by atoms with Gasteiger partial charge in [-0.3, -0.25) is 0 Å². The third-order valence-corrected chi connectivity index (χ3v) is 5.03.